The molecule has 3 aliphatic heterocycles. The number of likely N-dealkylation sites (N-methyl/N-ethyl adjacent to an activating group) is 1. The fraction of sp³-hybridized carbons (Fsp3) is 0.632. The van der Waals surface area contributed by atoms with Crippen LogP contribution in [0.25, 0.3) is 0 Å². The Labute approximate surface area is 322 Å². The zero-order valence-corrected chi connectivity index (χ0v) is 33.9. The van der Waals surface area contributed by atoms with Crippen molar-refractivity contribution in [2.75, 3.05) is 33.2 Å². The molecule has 0 aromatic heterocycles. The van der Waals surface area contributed by atoms with Crippen LogP contribution in [0.1, 0.15) is 72.8 Å². The van der Waals surface area contributed by atoms with Gasteiger partial charge in [0.05, 0.1) is 25.3 Å². The van der Waals surface area contributed by atoms with Crippen LogP contribution in [-0.2, 0) is 39.8 Å². The Morgan fingerprint density at radius 1 is 1.26 bits per heavy atom. The third-order valence-corrected chi connectivity index (χ3v) is 11.1. The fourth-order valence-electron chi connectivity index (χ4n) is 6.81. The van der Waals surface area contributed by atoms with Crippen LogP contribution in [0, 0.1) is 5.92 Å². The topological polar surface area (TPSA) is 156 Å². The summed E-state index contributed by atoms with van der Waals surface area (Å²) in [6, 6.07) is 2.60. The summed E-state index contributed by atoms with van der Waals surface area (Å²) in [4.78, 5) is 56.5. The highest BCUT2D eigenvalue weighted by molar-refractivity contribution is 7.81. The van der Waals surface area contributed by atoms with Gasteiger partial charge in [-0.3, -0.25) is 14.9 Å². The van der Waals surface area contributed by atoms with E-state index in [1.165, 1.54) is 31.1 Å². The van der Waals surface area contributed by atoms with Crippen LogP contribution < -0.4 is 15.0 Å². The highest BCUT2D eigenvalue weighted by Gasteiger charge is 2.64. The molecule has 3 unspecified atom stereocenters. The van der Waals surface area contributed by atoms with Crippen molar-refractivity contribution in [3.63, 3.8) is 0 Å². The van der Waals surface area contributed by atoms with Gasteiger partial charge in [-0.1, -0.05) is 56.2 Å². The number of amides is 3. The maximum Gasteiger partial charge on any atom is 0.409 e. The first kappa shape index (κ1) is 42.4. The Bertz CT molecular complexity index is 1630. The number of methoxy groups -OCH3 is 2. The second kappa shape index (κ2) is 16.6. The van der Waals surface area contributed by atoms with E-state index in [4.69, 9.17) is 35.3 Å². The first-order chi connectivity index (χ1) is 24.6. The number of halogens is 1. The normalized spacial score (nSPS) is 31.5. The Balaban J connectivity index is 1.74. The number of alkyl carbamates (subject to hydrolysis) is 1. The molecule has 2 fully saturated rings. The number of rotatable bonds is 8. The number of hydrogen-bond acceptors (Lipinski definition) is 11. The quantitative estimate of drug-likeness (QED) is 0.187. The van der Waals surface area contributed by atoms with E-state index >= 15 is 0 Å². The summed E-state index contributed by atoms with van der Waals surface area (Å²) in [6.07, 6.45) is 1.61. The molecule has 0 radical (unpaired) electrons. The molecular weight excluding hydrogens is 726 g/mol. The van der Waals surface area contributed by atoms with Gasteiger partial charge in [0.2, 0.25) is 11.8 Å². The Morgan fingerprint density at radius 2 is 1.94 bits per heavy atom. The maximum atomic E-state index is 14.1. The molecule has 1 aromatic carbocycles. The minimum Gasteiger partial charge on any atom is -0.495 e. The van der Waals surface area contributed by atoms with Crippen LogP contribution in [0.4, 0.5) is 10.5 Å². The Hall–Kier alpha value is -3.30. The molecule has 2 saturated heterocycles. The number of ether oxygens (including phenoxy) is 5. The standard InChI is InChI=1S/C38H54ClN3O10S/c1-21-12-11-13-28(49-10)38(47)20-27(50-35(46)40-38)22(2)33-37(6,52-33)29(51-34(45)23(3)41(7)30(43)14-15-36(4,5)53)19-31(44)42(8)25-17-24(16-21)18-26(48-9)32(25)39/h11-13,17-18,22-23,27-29,33,47,53H,14-16,19-20H2,1-10H3,(H,40,46)/b13-11-,21-12-/t22-,23+,27?,28-,29+,33+,37?,38?/m1/s1. The molecule has 3 heterocycles. The SMILES string of the molecule is COc1cc2cc(c1Cl)N(C)C(=O)C[C@H](OC(=O)[C@H](C)N(C)C(=O)CCC(C)(C)S)C1(C)O[C@H]1[C@H](C)C1CC(O)(NC(=O)O1)[C@H](OC)/C=C\C=C(\C)C2. The van der Waals surface area contributed by atoms with E-state index in [-0.39, 0.29) is 34.9 Å². The Kier molecular flexibility index (Phi) is 13.3. The summed E-state index contributed by atoms with van der Waals surface area (Å²) in [5, 5.41) is 14.5. The third-order valence-electron chi connectivity index (χ3n) is 10.5. The van der Waals surface area contributed by atoms with Crippen LogP contribution >= 0.6 is 24.2 Å². The van der Waals surface area contributed by atoms with Crippen LogP contribution in [0.3, 0.4) is 0 Å². The lowest BCUT2D eigenvalue weighted by Gasteiger charge is -2.42. The zero-order valence-electron chi connectivity index (χ0n) is 32.2. The van der Waals surface area contributed by atoms with E-state index < -0.39 is 65.7 Å². The molecule has 4 rings (SSSR count). The van der Waals surface area contributed by atoms with E-state index in [2.05, 4.69) is 17.9 Å². The van der Waals surface area contributed by atoms with E-state index in [0.29, 0.717) is 24.3 Å². The summed E-state index contributed by atoms with van der Waals surface area (Å²) in [5.41, 5.74) is -0.916. The molecule has 3 aliphatic rings. The van der Waals surface area contributed by atoms with E-state index in [1.54, 1.807) is 52.1 Å². The summed E-state index contributed by atoms with van der Waals surface area (Å²) in [6.45, 7) is 10.8. The number of hydrogen-bond donors (Lipinski definition) is 3. The Morgan fingerprint density at radius 3 is 2.57 bits per heavy atom. The predicted octanol–water partition coefficient (Wildman–Crippen LogP) is 5.00. The van der Waals surface area contributed by atoms with Crippen molar-refractivity contribution in [1.29, 1.82) is 0 Å². The minimum absolute atomic E-state index is 0.0509. The van der Waals surface area contributed by atoms with Gasteiger partial charge in [0, 0.05) is 44.7 Å². The number of carbonyl (C=O) groups is 4. The predicted molar refractivity (Wildman–Crippen MR) is 203 cm³/mol. The van der Waals surface area contributed by atoms with Gasteiger partial charge in [-0.05, 0) is 51.3 Å². The minimum atomic E-state index is -1.83. The van der Waals surface area contributed by atoms with Crippen molar-refractivity contribution in [2.45, 2.75) is 120 Å². The number of allylic oxidation sites excluding steroid dienone is 3. The smallest absolute Gasteiger partial charge is 0.409 e. The second-order valence-electron chi connectivity index (χ2n) is 15.2. The van der Waals surface area contributed by atoms with Crippen molar-refractivity contribution < 1.29 is 48.0 Å². The number of thiol groups is 1. The molecule has 13 nitrogen and oxygen atoms in total. The van der Waals surface area contributed by atoms with Crippen molar-refractivity contribution in [1.82, 2.24) is 10.2 Å². The van der Waals surface area contributed by atoms with Gasteiger partial charge in [-0.15, -0.1) is 0 Å². The molecule has 15 heteroatoms. The van der Waals surface area contributed by atoms with Crippen LogP contribution in [0.15, 0.2) is 35.9 Å². The lowest BCUT2D eigenvalue weighted by molar-refractivity contribution is -0.162. The molecule has 8 atom stereocenters. The molecular formula is C38H54ClN3O10S. The highest BCUT2D eigenvalue weighted by atomic mass is 35.5. The number of aliphatic hydroxyl groups is 1. The summed E-state index contributed by atoms with van der Waals surface area (Å²) >= 11 is 11.3. The monoisotopic (exact) mass is 779 g/mol. The molecule has 4 bridgehead atoms. The number of fused-ring (bicyclic) bond motifs is 5. The molecule has 0 spiro atoms. The highest BCUT2D eigenvalue weighted by Crippen LogP contribution is 2.49. The number of benzene rings is 1. The second-order valence-corrected chi connectivity index (χ2v) is 16.8. The molecule has 3 amide bonds. The molecule has 0 aliphatic carbocycles. The fourth-order valence-corrected chi connectivity index (χ4v) is 7.23. The third kappa shape index (κ3) is 9.88. The molecule has 53 heavy (non-hydrogen) atoms. The first-order valence-electron chi connectivity index (χ1n) is 17.7. The average molecular weight is 780 g/mol. The van der Waals surface area contributed by atoms with Gasteiger partial charge in [0.1, 0.15) is 40.7 Å². The van der Waals surface area contributed by atoms with Gasteiger partial charge in [-0.2, -0.15) is 12.6 Å². The van der Waals surface area contributed by atoms with Crippen LogP contribution in [-0.4, -0.2) is 109 Å². The van der Waals surface area contributed by atoms with Crippen LogP contribution in [0.5, 0.6) is 5.75 Å². The molecule has 0 saturated carbocycles. The number of esters is 1. The summed E-state index contributed by atoms with van der Waals surface area (Å²) in [7, 11) is 6.02. The lowest BCUT2D eigenvalue weighted by atomic mass is 9.83. The number of epoxide rings is 1. The maximum absolute atomic E-state index is 14.1. The average Bonchev–Trinajstić information content (AvgIpc) is 3.78. The summed E-state index contributed by atoms with van der Waals surface area (Å²) < 4.78 is 28.8. The van der Waals surface area contributed by atoms with E-state index in [9.17, 15) is 24.3 Å². The van der Waals surface area contributed by atoms with Crippen molar-refractivity contribution in [3.05, 3.63) is 46.5 Å². The molecule has 294 valence electrons. The van der Waals surface area contributed by atoms with Gasteiger partial charge in [0.15, 0.2) is 5.72 Å². The van der Waals surface area contributed by atoms with Crippen molar-refractivity contribution in [3.8, 4) is 5.75 Å². The first-order valence-corrected chi connectivity index (χ1v) is 18.5. The van der Waals surface area contributed by atoms with E-state index in [1.807, 2.05) is 26.8 Å². The lowest BCUT2D eigenvalue weighted by Crippen LogP contribution is -2.63. The van der Waals surface area contributed by atoms with Crippen LogP contribution in [0.2, 0.25) is 5.02 Å². The number of anilines is 1. The zero-order chi connectivity index (χ0) is 39.6. The van der Waals surface area contributed by atoms with E-state index in [0.717, 1.165) is 11.1 Å². The van der Waals surface area contributed by atoms with Crippen molar-refractivity contribution >= 4 is 53.8 Å². The van der Waals surface area contributed by atoms with Gasteiger partial charge >= 0.3 is 12.1 Å². The number of carbonyl (C=O) groups excluding carboxylic acids is 4. The number of nitrogens with one attached hydrogen (secondary N) is 1. The number of nitrogens with zero attached hydrogens (tertiary/aromatic N) is 2. The van der Waals surface area contributed by atoms with Gasteiger partial charge in [-0.25, -0.2) is 9.59 Å². The summed E-state index contributed by atoms with van der Waals surface area (Å²) in [5.74, 6) is -1.58. The van der Waals surface area contributed by atoms with Gasteiger partial charge < -0.3 is 38.6 Å². The molecule has 2 N–H and O–H groups in total. The largest absolute Gasteiger partial charge is 0.495 e. The van der Waals surface area contributed by atoms with Gasteiger partial charge in [0.25, 0.3) is 0 Å². The molecule has 1 aromatic rings. The van der Waals surface area contributed by atoms with Crippen molar-refractivity contribution in [2.24, 2.45) is 5.92 Å².